The van der Waals surface area contributed by atoms with Gasteiger partial charge in [-0.1, -0.05) is 19.9 Å². The number of hydrogen-bond donors (Lipinski definition) is 0. The van der Waals surface area contributed by atoms with E-state index in [0.29, 0.717) is 30.2 Å². The van der Waals surface area contributed by atoms with Gasteiger partial charge in [0.05, 0.1) is 11.5 Å². The lowest BCUT2D eigenvalue weighted by molar-refractivity contribution is 0.141. The maximum absolute atomic E-state index is 13.7. The number of nitrogens with zero attached hydrogens (tertiary/aromatic N) is 1. The standard InChI is InChI=1S/C14H15F2N/c1-9(2)10-6-14(7-10,8-17)12-4-3-11(15)5-13(12)16/h3-5,9-10H,6-7H2,1-2H3. The van der Waals surface area contributed by atoms with E-state index >= 15 is 0 Å². The molecule has 1 fully saturated rings. The highest BCUT2D eigenvalue weighted by Crippen LogP contribution is 2.50. The summed E-state index contributed by atoms with van der Waals surface area (Å²) in [5, 5.41) is 9.27. The first-order chi connectivity index (χ1) is 7.98. The number of halogens is 2. The molecule has 3 heteroatoms. The van der Waals surface area contributed by atoms with Gasteiger partial charge in [0.2, 0.25) is 0 Å². The topological polar surface area (TPSA) is 23.8 Å². The maximum atomic E-state index is 13.7. The van der Waals surface area contributed by atoms with Gasteiger partial charge in [0.1, 0.15) is 11.6 Å². The number of hydrogen-bond acceptors (Lipinski definition) is 1. The van der Waals surface area contributed by atoms with Crippen molar-refractivity contribution < 1.29 is 8.78 Å². The van der Waals surface area contributed by atoms with E-state index in [2.05, 4.69) is 19.9 Å². The van der Waals surface area contributed by atoms with E-state index in [0.717, 1.165) is 6.07 Å². The van der Waals surface area contributed by atoms with Gasteiger partial charge in [0.25, 0.3) is 0 Å². The molecule has 0 atom stereocenters. The summed E-state index contributed by atoms with van der Waals surface area (Å²) in [6, 6.07) is 5.70. The zero-order valence-corrected chi connectivity index (χ0v) is 10.0. The van der Waals surface area contributed by atoms with Crippen LogP contribution in [-0.2, 0) is 5.41 Å². The monoisotopic (exact) mass is 235 g/mol. The minimum absolute atomic E-state index is 0.346. The summed E-state index contributed by atoms with van der Waals surface area (Å²) >= 11 is 0. The van der Waals surface area contributed by atoms with Crippen molar-refractivity contribution in [2.45, 2.75) is 32.1 Å². The first-order valence-electron chi connectivity index (χ1n) is 5.85. The summed E-state index contributed by atoms with van der Waals surface area (Å²) in [5.74, 6) is -0.244. The Balaban J connectivity index is 2.30. The molecular formula is C14H15F2N. The molecule has 1 aliphatic rings. The zero-order valence-electron chi connectivity index (χ0n) is 10.0. The van der Waals surface area contributed by atoms with Gasteiger partial charge >= 0.3 is 0 Å². The molecule has 0 aliphatic heterocycles. The molecule has 0 amide bonds. The largest absolute Gasteiger partial charge is 0.207 e. The maximum Gasteiger partial charge on any atom is 0.130 e. The Bertz CT molecular complexity index is 468. The van der Waals surface area contributed by atoms with E-state index in [4.69, 9.17) is 0 Å². The van der Waals surface area contributed by atoms with Gasteiger partial charge in [0.15, 0.2) is 0 Å². The van der Waals surface area contributed by atoms with Crippen molar-refractivity contribution in [3.63, 3.8) is 0 Å². The van der Waals surface area contributed by atoms with Crippen molar-refractivity contribution >= 4 is 0 Å². The highest BCUT2D eigenvalue weighted by Gasteiger charge is 2.48. The Hall–Kier alpha value is -1.43. The van der Waals surface area contributed by atoms with E-state index in [1.165, 1.54) is 12.1 Å². The van der Waals surface area contributed by atoms with Crippen LogP contribution in [0.25, 0.3) is 0 Å². The average molecular weight is 235 g/mol. The second-order valence-corrected chi connectivity index (χ2v) is 5.23. The lowest BCUT2D eigenvalue weighted by Gasteiger charge is -2.45. The van der Waals surface area contributed by atoms with Gasteiger partial charge in [-0.2, -0.15) is 5.26 Å². The molecule has 1 saturated carbocycles. The van der Waals surface area contributed by atoms with Crippen LogP contribution in [0.3, 0.4) is 0 Å². The molecule has 0 aromatic heterocycles. The third-order valence-corrected chi connectivity index (χ3v) is 3.82. The SMILES string of the molecule is CC(C)C1CC(C#N)(c2ccc(F)cc2F)C1. The first kappa shape index (κ1) is 12.0. The molecule has 90 valence electrons. The molecule has 0 unspecified atom stereocenters. The Morgan fingerprint density at radius 1 is 1.35 bits per heavy atom. The molecule has 0 bridgehead atoms. The highest BCUT2D eigenvalue weighted by molar-refractivity contribution is 5.37. The van der Waals surface area contributed by atoms with E-state index in [1.807, 2.05) is 0 Å². The Labute approximate surface area is 100 Å². The average Bonchev–Trinajstić information content (AvgIpc) is 2.19. The van der Waals surface area contributed by atoms with Crippen LogP contribution in [0.2, 0.25) is 0 Å². The van der Waals surface area contributed by atoms with E-state index in [9.17, 15) is 14.0 Å². The predicted molar refractivity (Wildman–Crippen MR) is 61.2 cm³/mol. The van der Waals surface area contributed by atoms with E-state index in [1.54, 1.807) is 0 Å². The molecule has 0 radical (unpaired) electrons. The van der Waals surface area contributed by atoms with Crippen LogP contribution in [0.4, 0.5) is 8.78 Å². The molecule has 0 spiro atoms. The van der Waals surface area contributed by atoms with Crippen LogP contribution in [0.15, 0.2) is 18.2 Å². The quantitative estimate of drug-likeness (QED) is 0.765. The molecule has 1 aromatic rings. The Morgan fingerprint density at radius 3 is 2.47 bits per heavy atom. The fourth-order valence-corrected chi connectivity index (χ4v) is 2.56. The molecular weight excluding hydrogens is 220 g/mol. The lowest BCUT2D eigenvalue weighted by atomic mass is 9.56. The van der Waals surface area contributed by atoms with Crippen molar-refractivity contribution in [1.82, 2.24) is 0 Å². The van der Waals surface area contributed by atoms with Crippen molar-refractivity contribution in [2.75, 3.05) is 0 Å². The molecule has 1 aliphatic carbocycles. The van der Waals surface area contributed by atoms with Crippen molar-refractivity contribution in [3.05, 3.63) is 35.4 Å². The Morgan fingerprint density at radius 2 is 2.00 bits per heavy atom. The summed E-state index contributed by atoms with van der Waals surface area (Å²) in [6.07, 6.45) is 1.34. The zero-order chi connectivity index (χ0) is 12.6. The molecule has 0 saturated heterocycles. The number of benzene rings is 1. The third kappa shape index (κ3) is 1.93. The van der Waals surface area contributed by atoms with Crippen molar-refractivity contribution in [3.8, 4) is 6.07 Å². The molecule has 17 heavy (non-hydrogen) atoms. The van der Waals surface area contributed by atoms with Gasteiger partial charge in [-0.25, -0.2) is 8.78 Å². The molecule has 0 N–H and O–H groups in total. The summed E-state index contributed by atoms with van der Waals surface area (Å²) in [4.78, 5) is 0. The molecule has 1 nitrogen and oxygen atoms in total. The lowest BCUT2D eigenvalue weighted by Crippen LogP contribution is -2.42. The summed E-state index contributed by atoms with van der Waals surface area (Å²) in [6.45, 7) is 4.21. The normalized spacial score (nSPS) is 27.6. The van der Waals surface area contributed by atoms with Crippen molar-refractivity contribution in [2.24, 2.45) is 11.8 Å². The fourth-order valence-electron chi connectivity index (χ4n) is 2.56. The van der Waals surface area contributed by atoms with Gasteiger partial charge in [-0.3, -0.25) is 0 Å². The van der Waals surface area contributed by atoms with Gasteiger partial charge in [-0.05, 0) is 30.7 Å². The molecule has 0 heterocycles. The second-order valence-electron chi connectivity index (χ2n) is 5.23. The number of rotatable bonds is 2. The molecule has 2 rings (SSSR count). The highest BCUT2D eigenvalue weighted by atomic mass is 19.1. The van der Waals surface area contributed by atoms with Crippen LogP contribution in [0, 0.1) is 34.8 Å². The van der Waals surface area contributed by atoms with Crippen LogP contribution in [-0.4, -0.2) is 0 Å². The number of nitriles is 1. The predicted octanol–water partition coefficient (Wildman–Crippen LogP) is 3.79. The minimum Gasteiger partial charge on any atom is -0.207 e. The van der Waals surface area contributed by atoms with Crippen LogP contribution < -0.4 is 0 Å². The second kappa shape index (κ2) is 4.10. The Kier molecular flexibility index (Phi) is 2.91. The van der Waals surface area contributed by atoms with Gasteiger partial charge in [0, 0.05) is 11.6 Å². The summed E-state index contributed by atoms with van der Waals surface area (Å²) < 4.78 is 26.5. The van der Waals surface area contributed by atoms with E-state index < -0.39 is 17.0 Å². The van der Waals surface area contributed by atoms with Crippen LogP contribution in [0.1, 0.15) is 32.3 Å². The van der Waals surface area contributed by atoms with Crippen molar-refractivity contribution in [1.29, 1.82) is 5.26 Å². The minimum atomic E-state index is -0.743. The summed E-state index contributed by atoms with van der Waals surface area (Å²) in [7, 11) is 0. The van der Waals surface area contributed by atoms with Gasteiger partial charge < -0.3 is 0 Å². The smallest absolute Gasteiger partial charge is 0.130 e. The summed E-state index contributed by atoms with van der Waals surface area (Å²) in [5.41, 5.74) is -0.398. The van der Waals surface area contributed by atoms with Crippen LogP contribution in [0.5, 0.6) is 0 Å². The van der Waals surface area contributed by atoms with Crippen LogP contribution >= 0.6 is 0 Å². The fraction of sp³-hybridized carbons (Fsp3) is 0.500. The molecule has 1 aromatic carbocycles. The third-order valence-electron chi connectivity index (χ3n) is 3.82. The van der Waals surface area contributed by atoms with Gasteiger partial charge in [-0.15, -0.1) is 0 Å². The van der Waals surface area contributed by atoms with E-state index in [-0.39, 0.29) is 0 Å². The first-order valence-corrected chi connectivity index (χ1v) is 5.85.